The third-order valence-corrected chi connectivity index (χ3v) is 1.95. The number of carboxylic acid groups (broad SMARTS) is 1. The summed E-state index contributed by atoms with van der Waals surface area (Å²) in [4.78, 5) is 21.2. The first-order valence-electron chi connectivity index (χ1n) is 5.26. The molecule has 0 fully saturated rings. The monoisotopic (exact) mass is 213 g/mol. The lowest BCUT2D eigenvalue weighted by Gasteiger charge is -2.01. The zero-order chi connectivity index (χ0) is 11.5. The average molecular weight is 213 g/mol. The van der Waals surface area contributed by atoms with Gasteiger partial charge in [0.05, 0.1) is 0 Å². The maximum Gasteiger partial charge on any atom is 0.322 e. The Morgan fingerprint density at radius 1 is 1.27 bits per heavy atom. The summed E-state index contributed by atoms with van der Waals surface area (Å²) in [5.74, 6) is -1.18. The summed E-state index contributed by atoms with van der Waals surface area (Å²) < 4.78 is 0. The van der Waals surface area contributed by atoms with E-state index in [1.165, 1.54) is 0 Å². The molecule has 15 heavy (non-hydrogen) atoms. The Bertz CT molecular complexity index is 224. The molecule has 0 spiro atoms. The van der Waals surface area contributed by atoms with Gasteiger partial charge in [-0.2, -0.15) is 0 Å². The molecule has 0 unspecified atom stereocenters. The third kappa shape index (κ3) is 10.6. The van der Waals surface area contributed by atoms with Crippen LogP contribution in [0.5, 0.6) is 0 Å². The topological polar surface area (TPSA) is 66.4 Å². The van der Waals surface area contributed by atoms with Gasteiger partial charge in [-0.15, -0.1) is 0 Å². The van der Waals surface area contributed by atoms with Crippen molar-refractivity contribution >= 4 is 11.9 Å². The van der Waals surface area contributed by atoms with Gasteiger partial charge in [-0.05, 0) is 26.2 Å². The van der Waals surface area contributed by atoms with Gasteiger partial charge in [0.2, 0.25) is 5.91 Å². The predicted octanol–water partition coefficient (Wildman–Crippen LogP) is 1.71. The molecule has 0 aliphatic carbocycles. The van der Waals surface area contributed by atoms with Crippen LogP contribution in [0, 0.1) is 0 Å². The molecule has 0 heterocycles. The number of unbranched alkanes of at least 4 members (excludes halogenated alkanes) is 3. The van der Waals surface area contributed by atoms with Crippen LogP contribution < -0.4 is 5.32 Å². The summed E-state index contributed by atoms with van der Waals surface area (Å²) in [6, 6.07) is 0. The van der Waals surface area contributed by atoms with Gasteiger partial charge in [0, 0.05) is 6.42 Å². The highest BCUT2D eigenvalue weighted by atomic mass is 16.4. The standard InChI is InChI=1S/C11H19NO3/c1-2-3-4-5-6-7-8-10(13)12-9-11(14)15/h2-3H,4-9H2,1H3,(H,12,13)(H,14,15). The molecule has 0 rings (SSSR count). The fraction of sp³-hybridized carbons (Fsp3) is 0.636. The molecule has 0 aromatic carbocycles. The minimum absolute atomic E-state index is 0.177. The summed E-state index contributed by atoms with van der Waals surface area (Å²) in [5.41, 5.74) is 0. The van der Waals surface area contributed by atoms with Crippen LogP contribution in [0.15, 0.2) is 12.2 Å². The van der Waals surface area contributed by atoms with Crippen molar-refractivity contribution in [3.8, 4) is 0 Å². The second kappa shape index (κ2) is 9.24. The van der Waals surface area contributed by atoms with Crippen LogP contribution in [-0.4, -0.2) is 23.5 Å². The van der Waals surface area contributed by atoms with Gasteiger partial charge in [-0.3, -0.25) is 9.59 Å². The molecule has 2 N–H and O–H groups in total. The highest BCUT2D eigenvalue weighted by Gasteiger charge is 2.02. The van der Waals surface area contributed by atoms with Crippen LogP contribution in [0.4, 0.5) is 0 Å². The molecule has 0 aromatic heterocycles. The van der Waals surface area contributed by atoms with Crippen molar-refractivity contribution in [1.29, 1.82) is 0 Å². The predicted molar refractivity (Wildman–Crippen MR) is 58.5 cm³/mol. The number of carbonyl (C=O) groups is 2. The van der Waals surface area contributed by atoms with E-state index < -0.39 is 5.97 Å². The van der Waals surface area contributed by atoms with Crippen LogP contribution in [0.2, 0.25) is 0 Å². The number of nitrogens with one attached hydrogen (secondary N) is 1. The van der Waals surface area contributed by atoms with E-state index in [1.54, 1.807) is 0 Å². The van der Waals surface area contributed by atoms with Crippen LogP contribution >= 0.6 is 0 Å². The Morgan fingerprint density at radius 3 is 2.60 bits per heavy atom. The third-order valence-electron chi connectivity index (χ3n) is 1.95. The van der Waals surface area contributed by atoms with Gasteiger partial charge >= 0.3 is 5.97 Å². The number of allylic oxidation sites excluding steroid dienone is 2. The number of hydrogen-bond acceptors (Lipinski definition) is 2. The van der Waals surface area contributed by atoms with Gasteiger partial charge in [0.15, 0.2) is 0 Å². The normalized spacial score (nSPS) is 10.5. The van der Waals surface area contributed by atoms with E-state index in [0.29, 0.717) is 6.42 Å². The highest BCUT2D eigenvalue weighted by Crippen LogP contribution is 2.03. The van der Waals surface area contributed by atoms with Crippen molar-refractivity contribution in [2.45, 2.75) is 39.0 Å². The van der Waals surface area contributed by atoms with Gasteiger partial charge < -0.3 is 10.4 Å². The summed E-state index contributed by atoms with van der Waals surface area (Å²) in [5, 5.41) is 10.6. The Hall–Kier alpha value is -1.32. The second-order valence-electron chi connectivity index (χ2n) is 3.34. The SMILES string of the molecule is CC=CCCCCCC(=O)NCC(=O)O. The van der Waals surface area contributed by atoms with E-state index in [0.717, 1.165) is 25.7 Å². The van der Waals surface area contributed by atoms with E-state index >= 15 is 0 Å². The van der Waals surface area contributed by atoms with Gasteiger partial charge in [-0.1, -0.05) is 18.6 Å². The van der Waals surface area contributed by atoms with Crippen molar-refractivity contribution in [2.24, 2.45) is 0 Å². The number of carboxylic acids is 1. The maximum atomic E-state index is 11.0. The molecule has 0 saturated carbocycles. The molecule has 0 radical (unpaired) electrons. The van der Waals surface area contributed by atoms with Crippen LogP contribution in [0.1, 0.15) is 39.0 Å². The zero-order valence-corrected chi connectivity index (χ0v) is 9.16. The lowest BCUT2D eigenvalue weighted by molar-refractivity contribution is -0.137. The summed E-state index contributed by atoms with van der Waals surface area (Å²) in [7, 11) is 0. The minimum atomic E-state index is -1.00. The van der Waals surface area contributed by atoms with Gasteiger partial charge in [0.1, 0.15) is 6.54 Å². The van der Waals surface area contributed by atoms with E-state index in [-0.39, 0.29) is 12.5 Å². The molecule has 0 aliphatic rings. The maximum absolute atomic E-state index is 11.0. The molecule has 86 valence electrons. The summed E-state index contributed by atoms with van der Waals surface area (Å²) in [6.07, 6.45) is 8.49. The van der Waals surface area contributed by atoms with Crippen molar-refractivity contribution < 1.29 is 14.7 Å². The van der Waals surface area contributed by atoms with E-state index in [2.05, 4.69) is 11.4 Å². The van der Waals surface area contributed by atoms with Crippen molar-refractivity contribution in [2.75, 3.05) is 6.54 Å². The lowest BCUT2D eigenvalue weighted by atomic mass is 10.1. The summed E-state index contributed by atoms with van der Waals surface area (Å²) >= 11 is 0. The first-order chi connectivity index (χ1) is 7.16. The lowest BCUT2D eigenvalue weighted by Crippen LogP contribution is -2.28. The number of aliphatic carboxylic acids is 1. The molecule has 0 aliphatic heterocycles. The first-order valence-corrected chi connectivity index (χ1v) is 5.26. The van der Waals surface area contributed by atoms with Crippen molar-refractivity contribution in [3.63, 3.8) is 0 Å². The van der Waals surface area contributed by atoms with Crippen LogP contribution in [-0.2, 0) is 9.59 Å². The average Bonchev–Trinajstić information content (AvgIpc) is 2.20. The van der Waals surface area contributed by atoms with E-state index in [9.17, 15) is 9.59 Å². The highest BCUT2D eigenvalue weighted by molar-refractivity contribution is 5.80. The molecular formula is C11H19NO3. The number of rotatable bonds is 8. The molecule has 4 nitrogen and oxygen atoms in total. The molecule has 1 amide bonds. The number of hydrogen-bond donors (Lipinski definition) is 2. The fourth-order valence-corrected chi connectivity index (χ4v) is 1.15. The Morgan fingerprint density at radius 2 is 2.00 bits per heavy atom. The number of carbonyl (C=O) groups excluding carboxylic acids is 1. The van der Waals surface area contributed by atoms with Crippen molar-refractivity contribution in [3.05, 3.63) is 12.2 Å². The molecule has 0 saturated heterocycles. The molecular weight excluding hydrogens is 194 g/mol. The quantitative estimate of drug-likeness (QED) is 0.476. The second-order valence-corrected chi connectivity index (χ2v) is 3.34. The molecule has 4 heteroatoms. The fourth-order valence-electron chi connectivity index (χ4n) is 1.15. The van der Waals surface area contributed by atoms with E-state index in [4.69, 9.17) is 5.11 Å². The van der Waals surface area contributed by atoms with Crippen LogP contribution in [0.25, 0.3) is 0 Å². The first kappa shape index (κ1) is 13.7. The number of amides is 1. The van der Waals surface area contributed by atoms with Gasteiger partial charge in [-0.25, -0.2) is 0 Å². The van der Waals surface area contributed by atoms with Gasteiger partial charge in [0.25, 0.3) is 0 Å². The largest absolute Gasteiger partial charge is 0.480 e. The molecule has 0 aromatic rings. The summed E-state index contributed by atoms with van der Waals surface area (Å²) in [6.45, 7) is 1.71. The Kier molecular flexibility index (Phi) is 8.43. The Balaban J connectivity index is 3.27. The van der Waals surface area contributed by atoms with E-state index in [1.807, 2.05) is 13.0 Å². The van der Waals surface area contributed by atoms with Crippen molar-refractivity contribution in [1.82, 2.24) is 5.32 Å². The smallest absolute Gasteiger partial charge is 0.322 e. The van der Waals surface area contributed by atoms with Crippen LogP contribution in [0.3, 0.4) is 0 Å². The Labute approximate surface area is 90.4 Å². The zero-order valence-electron chi connectivity index (χ0n) is 9.16. The molecule has 0 atom stereocenters. The molecule has 0 bridgehead atoms. The minimum Gasteiger partial charge on any atom is -0.480 e.